The minimum atomic E-state index is -5.04. The van der Waals surface area contributed by atoms with E-state index in [9.17, 15) is 28.5 Å². The molecule has 238 valence electrons. The molecule has 1 heterocycles. The molecule has 1 rings (SSSR count). The van der Waals surface area contributed by atoms with Gasteiger partial charge in [0.05, 0.1) is 19.8 Å². The first-order valence-electron chi connectivity index (χ1n) is 14.8. The Morgan fingerprint density at radius 3 is 2.00 bits per heavy atom. The molecule has 4 N–H and O–H groups in total. The van der Waals surface area contributed by atoms with Gasteiger partial charge in [-0.15, -0.1) is 0 Å². The van der Waals surface area contributed by atoms with Crippen LogP contribution in [0.4, 0.5) is 0 Å². The fourth-order valence-corrected chi connectivity index (χ4v) is 4.94. The molecule has 0 saturated carbocycles. The largest absolute Gasteiger partial charge is 0.457 e. The summed E-state index contributed by atoms with van der Waals surface area (Å²) in [6.45, 7) is 3.78. The summed E-state index contributed by atoms with van der Waals surface area (Å²) in [5, 5.41) is 30.1. The summed E-state index contributed by atoms with van der Waals surface area (Å²) >= 11 is 0. The number of carbonyl (C=O) groups excluding carboxylic acids is 1. The van der Waals surface area contributed by atoms with Gasteiger partial charge in [-0.25, -0.2) is 4.18 Å². The summed E-state index contributed by atoms with van der Waals surface area (Å²) in [7, 11) is -5.04. The van der Waals surface area contributed by atoms with Crippen LogP contribution in [0.25, 0.3) is 0 Å². The average Bonchev–Trinajstić information content (AvgIpc) is 2.90. The lowest BCUT2D eigenvalue weighted by molar-refractivity contribution is -0.301. The Kier molecular flexibility index (Phi) is 20.2. The van der Waals surface area contributed by atoms with Crippen LogP contribution in [0.5, 0.6) is 0 Å². The van der Waals surface area contributed by atoms with Gasteiger partial charge in [0.1, 0.15) is 30.5 Å². The quantitative estimate of drug-likeness (QED) is 0.0724. The molecule has 1 aliphatic rings. The van der Waals surface area contributed by atoms with E-state index in [0.717, 1.165) is 38.5 Å². The highest BCUT2D eigenvalue weighted by Crippen LogP contribution is 2.26. The van der Waals surface area contributed by atoms with Crippen molar-refractivity contribution in [1.82, 2.24) is 0 Å². The van der Waals surface area contributed by atoms with E-state index in [0.29, 0.717) is 13.0 Å². The summed E-state index contributed by atoms with van der Waals surface area (Å²) in [5.41, 5.74) is 0. The van der Waals surface area contributed by atoms with Gasteiger partial charge in [0.25, 0.3) is 0 Å². The molecule has 6 atom stereocenters. The summed E-state index contributed by atoms with van der Waals surface area (Å²) in [4.78, 5) is 12.4. The molecule has 12 nitrogen and oxygen atoms in total. The minimum absolute atomic E-state index is 0.0392. The number of aliphatic hydroxyl groups is 3. The van der Waals surface area contributed by atoms with Crippen molar-refractivity contribution < 1.29 is 56.2 Å². The molecule has 6 unspecified atom stereocenters. The molecule has 0 aromatic heterocycles. The van der Waals surface area contributed by atoms with E-state index in [4.69, 9.17) is 23.5 Å². The van der Waals surface area contributed by atoms with Gasteiger partial charge in [-0.1, -0.05) is 84.5 Å². The van der Waals surface area contributed by atoms with Crippen molar-refractivity contribution in [3.05, 3.63) is 0 Å². The van der Waals surface area contributed by atoms with Crippen LogP contribution in [0, 0.1) is 0 Å². The first kappa shape index (κ1) is 37.1. The van der Waals surface area contributed by atoms with Gasteiger partial charge in [0.2, 0.25) is 0 Å². The fourth-order valence-electron chi connectivity index (χ4n) is 4.43. The van der Waals surface area contributed by atoms with Gasteiger partial charge in [-0.2, -0.15) is 8.42 Å². The highest BCUT2D eigenvalue weighted by Gasteiger charge is 2.48. The Bertz CT molecular complexity index is 750. The molecule has 0 aliphatic carbocycles. The molecule has 0 radical (unpaired) electrons. The minimum Gasteiger partial charge on any atom is -0.457 e. The van der Waals surface area contributed by atoms with Crippen LogP contribution in [-0.2, 0) is 38.3 Å². The first-order valence-corrected chi connectivity index (χ1v) is 16.2. The highest BCUT2D eigenvalue weighted by molar-refractivity contribution is 7.80. The summed E-state index contributed by atoms with van der Waals surface area (Å²) < 4.78 is 58.0. The molecule has 1 fully saturated rings. The molecule has 1 saturated heterocycles. The van der Waals surface area contributed by atoms with Gasteiger partial charge < -0.3 is 34.3 Å². The molecule has 0 aromatic rings. The molecule has 40 heavy (non-hydrogen) atoms. The fraction of sp³-hybridized carbons (Fsp3) is 0.963. The summed E-state index contributed by atoms with van der Waals surface area (Å²) in [6.07, 6.45) is 5.25. The SMILES string of the molecule is CCCCCCCCCCCOCC(COC1OC(CO)C(O)C(OS(=O)(=O)O)C1O)OC(=O)CCCCCC. The maximum Gasteiger partial charge on any atom is 0.397 e. The number of hydrogen-bond donors (Lipinski definition) is 4. The third-order valence-corrected chi connectivity index (χ3v) is 7.19. The van der Waals surface area contributed by atoms with E-state index >= 15 is 0 Å². The molecular formula is C27H52O12S. The smallest absolute Gasteiger partial charge is 0.397 e. The van der Waals surface area contributed by atoms with E-state index in [2.05, 4.69) is 18.0 Å². The van der Waals surface area contributed by atoms with Crippen molar-refractivity contribution in [3.8, 4) is 0 Å². The zero-order valence-corrected chi connectivity index (χ0v) is 25.0. The third kappa shape index (κ3) is 16.5. The zero-order chi connectivity index (χ0) is 29.8. The van der Waals surface area contributed by atoms with E-state index in [1.165, 1.54) is 38.5 Å². The standard InChI is InChI=1S/C27H52O12S/c1-3-5-7-9-10-11-12-13-15-17-35-19-21(37-23(29)16-14-8-6-4-2)20-36-27-25(31)26(39-40(32,33)34)24(30)22(18-28)38-27/h21-22,24-28,30-31H,3-20H2,1-2H3,(H,32,33,34). The maximum atomic E-state index is 12.4. The van der Waals surface area contributed by atoms with Gasteiger partial charge in [0, 0.05) is 13.0 Å². The number of esters is 1. The normalized spacial score (nSPS) is 24.2. The topological polar surface area (TPSA) is 178 Å². The van der Waals surface area contributed by atoms with Crippen molar-refractivity contribution in [1.29, 1.82) is 0 Å². The van der Waals surface area contributed by atoms with Crippen LogP contribution >= 0.6 is 0 Å². The maximum absolute atomic E-state index is 12.4. The number of carbonyl (C=O) groups is 1. The number of hydrogen-bond acceptors (Lipinski definition) is 11. The van der Waals surface area contributed by atoms with Gasteiger partial charge >= 0.3 is 16.4 Å². The molecule has 0 spiro atoms. The number of unbranched alkanes of at least 4 members (excludes halogenated alkanes) is 11. The molecule has 0 bridgehead atoms. The van der Waals surface area contributed by atoms with Crippen molar-refractivity contribution in [2.45, 2.75) is 141 Å². The second-order valence-corrected chi connectivity index (χ2v) is 11.4. The van der Waals surface area contributed by atoms with E-state index < -0.39 is 59.8 Å². The lowest BCUT2D eigenvalue weighted by Crippen LogP contribution is -2.60. The predicted octanol–water partition coefficient (Wildman–Crippen LogP) is 3.06. The molecule has 1 aliphatic heterocycles. The average molecular weight is 601 g/mol. The van der Waals surface area contributed by atoms with Crippen LogP contribution in [0.1, 0.15) is 104 Å². The second kappa shape index (κ2) is 21.8. The highest BCUT2D eigenvalue weighted by atomic mass is 32.3. The Morgan fingerprint density at radius 1 is 0.850 bits per heavy atom. The van der Waals surface area contributed by atoms with Crippen LogP contribution in [0.2, 0.25) is 0 Å². The molecular weight excluding hydrogens is 548 g/mol. The van der Waals surface area contributed by atoms with Crippen LogP contribution in [-0.4, -0.2) is 97.5 Å². The summed E-state index contributed by atoms with van der Waals surface area (Å²) in [5.74, 6) is -0.419. The van der Waals surface area contributed by atoms with Crippen LogP contribution in [0.3, 0.4) is 0 Å². The van der Waals surface area contributed by atoms with Crippen molar-refractivity contribution in [2.75, 3.05) is 26.4 Å². The summed E-state index contributed by atoms with van der Waals surface area (Å²) in [6, 6.07) is 0. The van der Waals surface area contributed by atoms with E-state index in [1.807, 2.05) is 0 Å². The monoisotopic (exact) mass is 600 g/mol. The zero-order valence-electron chi connectivity index (χ0n) is 24.2. The molecule has 0 aromatic carbocycles. The number of rotatable bonds is 24. The van der Waals surface area contributed by atoms with Crippen molar-refractivity contribution in [2.24, 2.45) is 0 Å². The number of ether oxygens (including phenoxy) is 4. The first-order chi connectivity index (χ1) is 19.1. The molecule has 13 heteroatoms. The Hall–Kier alpha value is -0.900. The van der Waals surface area contributed by atoms with Gasteiger partial charge in [-0.05, 0) is 12.8 Å². The van der Waals surface area contributed by atoms with Crippen LogP contribution < -0.4 is 0 Å². The Balaban J connectivity index is 2.60. The Morgan fingerprint density at radius 2 is 1.43 bits per heavy atom. The van der Waals surface area contributed by atoms with Crippen molar-refractivity contribution >= 4 is 16.4 Å². The van der Waals surface area contributed by atoms with E-state index in [-0.39, 0.29) is 19.6 Å². The van der Waals surface area contributed by atoms with E-state index in [1.54, 1.807) is 0 Å². The molecule has 0 amide bonds. The Labute approximate surface area is 239 Å². The van der Waals surface area contributed by atoms with Gasteiger partial charge in [0.15, 0.2) is 6.29 Å². The lowest BCUT2D eigenvalue weighted by Gasteiger charge is -2.41. The van der Waals surface area contributed by atoms with Crippen molar-refractivity contribution in [3.63, 3.8) is 0 Å². The van der Waals surface area contributed by atoms with Crippen LogP contribution in [0.15, 0.2) is 0 Å². The third-order valence-electron chi connectivity index (χ3n) is 6.73. The lowest BCUT2D eigenvalue weighted by atomic mass is 9.99. The predicted molar refractivity (Wildman–Crippen MR) is 147 cm³/mol. The number of aliphatic hydroxyl groups excluding tert-OH is 3. The van der Waals surface area contributed by atoms with Gasteiger partial charge in [-0.3, -0.25) is 9.35 Å². The second-order valence-electron chi connectivity index (χ2n) is 10.4.